The van der Waals surface area contributed by atoms with Gasteiger partial charge in [0.05, 0.1) is 0 Å². The predicted octanol–water partition coefficient (Wildman–Crippen LogP) is 6.25. The zero-order valence-electron chi connectivity index (χ0n) is 20.1. The standard InChI is InChI=1S/C28H34O3/c1-17(16-29)15-28(20-11-10-18(2)19(3)12-20)23-14-21(26(4,5)6)13-22(27(7,8)9)24(23)31-25(28)30/h10-14,16H,1,15H2,2-9H3. The summed E-state index contributed by atoms with van der Waals surface area (Å²) in [7, 11) is 0. The molecule has 1 aliphatic heterocycles. The number of ether oxygens (including phenoxy) is 1. The van der Waals surface area contributed by atoms with E-state index >= 15 is 0 Å². The number of carbonyl (C=O) groups excluding carboxylic acids is 2. The van der Waals surface area contributed by atoms with E-state index in [2.05, 4.69) is 60.3 Å². The number of hydrogen-bond acceptors (Lipinski definition) is 3. The van der Waals surface area contributed by atoms with Gasteiger partial charge < -0.3 is 4.74 Å². The molecule has 2 aromatic rings. The maximum absolute atomic E-state index is 13.7. The van der Waals surface area contributed by atoms with Crippen molar-refractivity contribution in [2.75, 3.05) is 0 Å². The van der Waals surface area contributed by atoms with Crippen LogP contribution in [0.25, 0.3) is 0 Å². The van der Waals surface area contributed by atoms with Crippen LogP contribution in [0.4, 0.5) is 0 Å². The van der Waals surface area contributed by atoms with Gasteiger partial charge in [-0.3, -0.25) is 9.59 Å². The quantitative estimate of drug-likeness (QED) is 0.255. The Morgan fingerprint density at radius 2 is 1.65 bits per heavy atom. The van der Waals surface area contributed by atoms with Crippen LogP contribution in [-0.4, -0.2) is 12.3 Å². The third kappa shape index (κ3) is 3.86. The number of hydrogen-bond donors (Lipinski definition) is 0. The molecule has 0 saturated carbocycles. The average molecular weight is 419 g/mol. The van der Waals surface area contributed by atoms with Crippen LogP contribution in [-0.2, 0) is 25.8 Å². The lowest BCUT2D eigenvalue weighted by Crippen LogP contribution is -2.36. The fourth-order valence-corrected chi connectivity index (χ4v) is 4.27. The number of allylic oxidation sites excluding steroid dienone is 1. The summed E-state index contributed by atoms with van der Waals surface area (Å²) in [6, 6.07) is 10.3. The lowest BCUT2D eigenvalue weighted by Gasteiger charge is -2.30. The fourth-order valence-electron chi connectivity index (χ4n) is 4.27. The van der Waals surface area contributed by atoms with Gasteiger partial charge in [-0.05, 0) is 58.9 Å². The van der Waals surface area contributed by atoms with E-state index < -0.39 is 5.41 Å². The predicted molar refractivity (Wildman–Crippen MR) is 126 cm³/mol. The minimum atomic E-state index is -1.09. The topological polar surface area (TPSA) is 43.4 Å². The van der Waals surface area contributed by atoms with Crippen LogP contribution in [0.3, 0.4) is 0 Å². The molecular formula is C28H34O3. The first-order chi connectivity index (χ1) is 14.2. The minimum Gasteiger partial charge on any atom is -0.425 e. The number of carbonyl (C=O) groups is 2. The maximum Gasteiger partial charge on any atom is 0.326 e. The van der Waals surface area contributed by atoms with Gasteiger partial charge in [0.15, 0.2) is 0 Å². The zero-order chi connectivity index (χ0) is 23.4. The molecule has 164 valence electrons. The molecule has 1 unspecified atom stereocenters. The first-order valence-corrected chi connectivity index (χ1v) is 10.8. The molecule has 3 nitrogen and oxygen atoms in total. The molecule has 3 rings (SSSR count). The van der Waals surface area contributed by atoms with E-state index in [1.54, 1.807) is 0 Å². The Morgan fingerprint density at radius 3 is 2.16 bits per heavy atom. The lowest BCUT2D eigenvalue weighted by molar-refractivity contribution is -0.136. The summed E-state index contributed by atoms with van der Waals surface area (Å²) in [5.41, 5.74) is 5.02. The van der Waals surface area contributed by atoms with Crippen LogP contribution in [0, 0.1) is 13.8 Å². The van der Waals surface area contributed by atoms with Crippen molar-refractivity contribution in [2.45, 2.75) is 78.1 Å². The van der Waals surface area contributed by atoms with E-state index in [-0.39, 0.29) is 23.2 Å². The van der Waals surface area contributed by atoms with Crippen molar-refractivity contribution in [2.24, 2.45) is 0 Å². The summed E-state index contributed by atoms with van der Waals surface area (Å²) in [6.45, 7) is 20.9. The van der Waals surface area contributed by atoms with Gasteiger partial charge >= 0.3 is 5.97 Å². The molecule has 0 aliphatic carbocycles. The Hall–Kier alpha value is -2.68. The van der Waals surface area contributed by atoms with Crippen LogP contribution < -0.4 is 4.74 Å². The van der Waals surface area contributed by atoms with Crippen molar-refractivity contribution in [3.8, 4) is 5.75 Å². The average Bonchev–Trinajstić information content (AvgIpc) is 2.93. The molecule has 1 heterocycles. The summed E-state index contributed by atoms with van der Waals surface area (Å²) < 4.78 is 6.02. The molecule has 31 heavy (non-hydrogen) atoms. The van der Waals surface area contributed by atoms with Crippen molar-refractivity contribution in [3.05, 3.63) is 75.9 Å². The first-order valence-electron chi connectivity index (χ1n) is 10.8. The molecule has 0 aromatic heterocycles. The Labute approximate surface area is 186 Å². The summed E-state index contributed by atoms with van der Waals surface area (Å²) in [5.74, 6) is 0.285. The molecule has 0 fully saturated rings. The second-order valence-corrected chi connectivity index (χ2v) is 10.9. The van der Waals surface area contributed by atoms with Gasteiger partial charge in [-0.1, -0.05) is 78.5 Å². The highest BCUT2D eigenvalue weighted by Crippen LogP contribution is 2.52. The van der Waals surface area contributed by atoms with Crippen molar-refractivity contribution < 1.29 is 14.3 Å². The van der Waals surface area contributed by atoms with E-state index in [1.165, 1.54) is 0 Å². The van der Waals surface area contributed by atoms with Gasteiger partial charge in [0.1, 0.15) is 17.5 Å². The molecule has 1 atom stereocenters. The molecule has 0 amide bonds. The SMILES string of the molecule is C=C(C=O)CC1(c2ccc(C)c(C)c2)C(=O)Oc2c(C(C)(C)C)cc(C(C)(C)C)cc21. The van der Waals surface area contributed by atoms with E-state index in [9.17, 15) is 9.59 Å². The highest BCUT2D eigenvalue weighted by molar-refractivity contribution is 5.96. The number of rotatable bonds is 4. The zero-order valence-corrected chi connectivity index (χ0v) is 20.1. The number of fused-ring (bicyclic) bond motifs is 1. The lowest BCUT2D eigenvalue weighted by atomic mass is 9.68. The largest absolute Gasteiger partial charge is 0.425 e. The van der Waals surface area contributed by atoms with Gasteiger partial charge in [0.25, 0.3) is 0 Å². The third-order valence-corrected chi connectivity index (χ3v) is 6.42. The maximum atomic E-state index is 13.7. The van der Waals surface area contributed by atoms with Gasteiger partial charge in [0.2, 0.25) is 0 Å². The molecule has 0 spiro atoms. The van der Waals surface area contributed by atoms with Crippen LogP contribution >= 0.6 is 0 Å². The second kappa shape index (κ2) is 7.47. The van der Waals surface area contributed by atoms with Gasteiger partial charge in [0, 0.05) is 11.1 Å². The van der Waals surface area contributed by atoms with Crippen LogP contribution in [0.1, 0.15) is 81.3 Å². The van der Waals surface area contributed by atoms with Crippen molar-refractivity contribution in [1.29, 1.82) is 0 Å². The van der Waals surface area contributed by atoms with Gasteiger partial charge in [-0.15, -0.1) is 0 Å². The van der Waals surface area contributed by atoms with Crippen LogP contribution in [0.5, 0.6) is 5.75 Å². The number of benzene rings is 2. The molecule has 1 aliphatic rings. The first kappa shape index (κ1) is 23.0. The molecule has 0 saturated heterocycles. The summed E-state index contributed by atoms with van der Waals surface area (Å²) in [4.78, 5) is 25.3. The molecule has 2 aromatic carbocycles. The van der Waals surface area contributed by atoms with Gasteiger partial charge in [-0.25, -0.2) is 0 Å². The van der Waals surface area contributed by atoms with Crippen molar-refractivity contribution in [3.63, 3.8) is 0 Å². The monoisotopic (exact) mass is 418 g/mol. The normalized spacial score (nSPS) is 18.5. The Bertz CT molecular complexity index is 1080. The van der Waals surface area contributed by atoms with Crippen molar-refractivity contribution >= 4 is 12.3 Å². The fraction of sp³-hybridized carbons (Fsp3) is 0.429. The molecule has 0 bridgehead atoms. The Morgan fingerprint density at radius 1 is 1.00 bits per heavy atom. The molecule has 0 N–H and O–H groups in total. The smallest absolute Gasteiger partial charge is 0.326 e. The van der Waals surface area contributed by atoms with E-state index in [0.29, 0.717) is 11.3 Å². The second-order valence-electron chi connectivity index (χ2n) is 10.9. The number of aldehydes is 1. The summed E-state index contributed by atoms with van der Waals surface area (Å²) in [6.07, 6.45) is 0.939. The minimum absolute atomic E-state index is 0.114. The van der Waals surface area contributed by atoms with Gasteiger partial charge in [-0.2, -0.15) is 0 Å². The van der Waals surface area contributed by atoms with E-state index in [0.717, 1.165) is 39.7 Å². The third-order valence-electron chi connectivity index (χ3n) is 6.42. The number of esters is 1. The van der Waals surface area contributed by atoms with Crippen LogP contribution in [0.15, 0.2) is 42.5 Å². The van der Waals surface area contributed by atoms with E-state index in [1.807, 2.05) is 32.0 Å². The molecule has 0 radical (unpaired) electrons. The summed E-state index contributed by atoms with van der Waals surface area (Å²) >= 11 is 0. The van der Waals surface area contributed by atoms with E-state index in [4.69, 9.17) is 4.74 Å². The Kier molecular flexibility index (Phi) is 5.54. The van der Waals surface area contributed by atoms with Crippen molar-refractivity contribution in [1.82, 2.24) is 0 Å². The highest BCUT2D eigenvalue weighted by Gasteiger charge is 2.52. The van der Waals surface area contributed by atoms with Crippen LogP contribution in [0.2, 0.25) is 0 Å². The highest BCUT2D eigenvalue weighted by atomic mass is 16.5. The molecular weight excluding hydrogens is 384 g/mol. The number of aryl methyl sites for hydroxylation is 2. The molecule has 3 heteroatoms. The summed E-state index contributed by atoms with van der Waals surface area (Å²) in [5, 5.41) is 0. The Balaban J connectivity index is 2.45.